The Kier molecular flexibility index (Phi) is 3.84. The summed E-state index contributed by atoms with van der Waals surface area (Å²) in [5, 5.41) is 0. The van der Waals surface area contributed by atoms with Gasteiger partial charge in [0.1, 0.15) is 11.9 Å². The highest BCUT2D eigenvalue weighted by Gasteiger charge is 2.27. The SMILES string of the molecule is Cc1ccc(C=O)c2c1CCN(C(=O)OC(C)(C)C)C2. The van der Waals surface area contributed by atoms with Crippen LogP contribution in [0.5, 0.6) is 0 Å². The molecule has 0 saturated heterocycles. The van der Waals surface area contributed by atoms with Crippen LogP contribution in [0.25, 0.3) is 0 Å². The van der Waals surface area contributed by atoms with E-state index < -0.39 is 5.60 Å². The van der Waals surface area contributed by atoms with E-state index in [1.54, 1.807) is 4.90 Å². The molecular formula is C16H21NO3. The maximum atomic E-state index is 12.1. The molecule has 0 saturated carbocycles. The summed E-state index contributed by atoms with van der Waals surface area (Å²) in [6.45, 7) is 8.67. The van der Waals surface area contributed by atoms with Crippen molar-refractivity contribution in [3.8, 4) is 0 Å². The first-order valence-corrected chi connectivity index (χ1v) is 6.86. The molecule has 1 aliphatic heterocycles. The van der Waals surface area contributed by atoms with E-state index in [1.807, 2.05) is 39.8 Å². The van der Waals surface area contributed by atoms with Crippen molar-refractivity contribution in [2.24, 2.45) is 0 Å². The summed E-state index contributed by atoms with van der Waals surface area (Å²) in [5.41, 5.74) is 3.48. The van der Waals surface area contributed by atoms with Crippen molar-refractivity contribution >= 4 is 12.4 Å². The van der Waals surface area contributed by atoms with Crippen molar-refractivity contribution < 1.29 is 14.3 Å². The molecular weight excluding hydrogens is 254 g/mol. The zero-order chi connectivity index (χ0) is 14.9. The Bertz CT molecular complexity index is 543. The molecule has 1 aromatic rings. The normalized spacial score (nSPS) is 14.7. The van der Waals surface area contributed by atoms with Crippen molar-refractivity contribution in [1.82, 2.24) is 4.90 Å². The maximum Gasteiger partial charge on any atom is 0.410 e. The number of aryl methyl sites for hydroxylation is 1. The van der Waals surface area contributed by atoms with Crippen molar-refractivity contribution in [3.05, 3.63) is 34.4 Å². The summed E-state index contributed by atoms with van der Waals surface area (Å²) in [6.07, 6.45) is 1.31. The first kappa shape index (κ1) is 14.6. The van der Waals surface area contributed by atoms with Crippen LogP contribution in [-0.4, -0.2) is 29.4 Å². The van der Waals surface area contributed by atoms with Crippen LogP contribution in [0.2, 0.25) is 0 Å². The van der Waals surface area contributed by atoms with Gasteiger partial charge < -0.3 is 9.64 Å². The first-order valence-electron chi connectivity index (χ1n) is 6.86. The van der Waals surface area contributed by atoms with Crippen molar-refractivity contribution in [1.29, 1.82) is 0 Å². The summed E-state index contributed by atoms with van der Waals surface area (Å²) in [7, 11) is 0. The molecule has 1 aliphatic rings. The van der Waals surface area contributed by atoms with E-state index in [4.69, 9.17) is 4.74 Å². The number of benzene rings is 1. The lowest BCUT2D eigenvalue weighted by molar-refractivity contribution is 0.0223. The highest BCUT2D eigenvalue weighted by Crippen LogP contribution is 2.26. The summed E-state index contributed by atoms with van der Waals surface area (Å²) in [6, 6.07) is 3.78. The van der Waals surface area contributed by atoms with Crippen LogP contribution in [0.3, 0.4) is 0 Å². The van der Waals surface area contributed by atoms with E-state index in [1.165, 1.54) is 11.1 Å². The second-order valence-electron chi connectivity index (χ2n) is 6.20. The average Bonchev–Trinajstić information content (AvgIpc) is 2.37. The monoisotopic (exact) mass is 275 g/mol. The summed E-state index contributed by atoms with van der Waals surface area (Å²) in [4.78, 5) is 25.0. The molecule has 0 spiro atoms. The topological polar surface area (TPSA) is 46.6 Å². The Morgan fingerprint density at radius 2 is 2.00 bits per heavy atom. The Morgan fingerprint density at radius 3 is 2.60 bits per heavy atom. The molecule has 0 bridgehead atoms. The van der Waals surface area contributed by atoms with Gasteiger partial charge in [-0.3, -0.25) is 4.79 Å². The van der Waals surface area contributed by atoms with E-state index in [0.29, 0.717) is 18.7 Å². The number of ether oxygens (including phenoxy) is 1. The summed E-state index contributed by atoms with van der Waals surface area (Å²) >= 11 is 0. The maximum absolute atomic E-state index is 12.1. The quantitative estimate of drug-likeness (QED) is 0.740. The molecule has 0 unspecified atom stereocenters. The van der Waals surface area contributed by atoms with E-state index in [0.717, 1.165) is 18.3 Å². The van der Waals surface area contributed by atoms with Gasteiger partial charge in [0.15, 0.2) is 0 Å². The first-order chi connectivity index (χ1) is 9.31. The number of rotatable bonds is 1. The molecule has 0 N–H and O–H groups in total. The molecule has 2 rings (SSSR count). The molecule has 4 heteroatoms. The summed E-state index contributed by atoms with van der Waals surface area (Å²) in [5.74, 6) is 0. The van der Waals surface area contributed by atoms with E-state index in [-0.39, 0.29) is 6.09 Å². The predicted molar refractivity (Wildman–Crippen MR) is 76.9 cm³/mol. The lowest BCUT2D eigenvalue weighted by atomic mass is 9.92. The van der Waals surface area contributed by atoms with Gasteiger partial charge >= 0.3 is 6.09 Å². The van der Waals surface area contributed by atoms with Crippen molar-refractivity contribution in [3.63, 3.8) is 0 Å². The highest BCUT2D eigenvalue weighted by molar-refractivity contribution is 5.79. The van der Waals surface area contributed by atoms with Gasteiger partial charge in [-0.15, -0.1) is 0 Å². The standard InChI is InChI=1S/C16H21NO3/c1-11-5-6-12(10-18)14-9-17(8-7-13(11)14)15(19)20-16(2,3)4/h5-6,10H,7-9H2,1-4H3. The van der Waals surface area contributed by atoms with Crippen LogP contribution in [0, 0.1) is 6.92 Å². The van der Waals surface area contributed by atoms with Gasteiger partial charge in [-0.05, 0) is 50.8 Å². The number of aldehydes is 1. The third kappa shape index (κ3) is 3.00. The van der Waals surface area contributed by atoms with E-state index in [2.05, 4.69) is 0 Å². The predicted octanol–water partition coefficient (Wildman–Crippen LogP) is 3.10. The molecule has 0 aliphatic carbocycles. The third-order valence-electron chi connectivity index (χ3n) is 3.46. The number of fused-ring (bicyclic) bond motifs is 1. The van der Waals surface area contributed by atoms with Gasteiger partial charge in [-0.1, -0.05) is 12.1 Å². The van der Waals surface area contributed by atoms with Gasteiger partial charge in [0.25, 0.3) is 0 Å². The number of hydrogen-bond acceptors (Lipinski definition) is 3. The van der Waals surface area contributed by atoms with Crippen LogP contribution in [-0.2, 0) is 17.7 Å². The minimum atomic E-state index is -0.503. The Morgan fingerprint density at radius 1 is 1.30 bits per heavy atom. The summed E-state index contributed by atoms with van der Waals surface area (Å²) < 4.78 is 5.39. The van der Waals surface area contributed by atoms with E-state index in [9.17, 15) is 9.59 Å². The van der Waals surface area contributed by atoms with Gasteiger partial charge in [0.05, 0.1) is 0 Å². The molecule has 0 aromatic heterocycles. The van der Waals surface area contributed by atoms with Crippen LogP contribution in [0.4, 0.5) is 4.79 Å². The number of carbonyl (C=O) groups excluding carboxylic acids is 2. The second-order valence-corrected chi connectivity index (χ2v) is 6.20. The molecule has 1 heterocycles. The molecule has 1 amide bonds. The van der Waals surface area contributed by atoms with E-state index >= 15 is 0 Å². The van der Waals surface area contributed by atoms with Gasteiger partial charge in [-0.25, -0.2) is 4.79 Å². The molecule has 1 aromatic carbocycles. The number of nitrogens with zero attached hydrogens (tertiary/aromatic N) is 1. The second kappa shape index (κ2) is 5.27. The number of amides is 1. The van der Waals surface area contributed by atoms with Crippen LogP contribution >= 0.6 is 0 Å². The van der Waals surface area contributed by atoms with Gasteiger partial charge in [-0.2, -0.15) is 0 Å². The fourth-order valence-electron chi connectivity index (χ4n) is 2.47. The minimum Gasteiger partial charge on any atom is -0.444 e. The fourth-order valence-corrected chi connectivity index (χ4v) is 2.47. The molecule has 20 heavy (non-hydrogen) atoms. The lowest BCUT2D eigenvalue weighted by Crippen LogP contribution is -2.40. The number of carbonyl (C=O) groups is 2. The molecule has 4 nitrogen and oxygen atoms in total. The molecule has 0 fully saturated rings. The molecule has 0 atom stereocenters. The Balaban J connectivity index is 2.24. The smallest absolute Gasteiger partial charge is 0.410 e. The van der Waals surface area contributed by atoms with Crippen molar-refractivity contribution in [2.75, 3.05) is 6.54 Å². The largest absolute Gasteiger partial charge is 0.444 e. The number of hydrogen-bond donors (Lipinski definition) is 0. The molecule has 108 valence electrons. The minimum absolute atomic E-state index is 0.318. The van der Waals surface area contributed by atoms with Crippen LogP contribution in [0.1, 0.15) is 47.8 Å². The van der Waals surface area contributed by atoms with Crippen LogP contribution < -0.4 is 0 Å². The zero-order valence-corrected chi connectivity index (χ0v) is 12.5. The Hall–Kier alpha value is -1.84. The average molecular weight is 275 g/mol. The lowest BCUT2D eigenvalue weighted by Gasteiger charge is -2.32. The van der Waals surface area contributed by atoms with Gasteiger partial charge in [0.2, 0.25) is 0 Å². The molecule has 0 radical (unpaired) electrons. The fraction of sp³-hybridized carbons (Fsp3) is 0.500. The van der Waals surface area contributed by atoms with Crippen LogP contribution in [0.15, 0.2) is 12.1 Å². The highest BCUT2D eigenvalue weighted by atomic mass is 16.6. The third-order valence-corrected chi connectivity index (χ3v) is 3.46. The zero-order valence-electron chi connectivity index (χ0n) is 12.5. The Labute approximate surface area is 119 Å². The van der Waals surface area contributed by atoms with Crippen molar-refractivity contribution in [2.45, 2.75) is 46.3 Å². The van der Waals surface area contributed by atoms with Gasteiger partial charge in [0, 0.05) is 18.7 Å².